The first-order valence-electron chi connectivity index (χ1n) is 6.90. The van der Waals surface area contributed by atoms with E-state index in [0.29, 0.717) is 6.04 Å². The lowest BCUT2D eigenvalue weighted by Crippen LogP contribution is -2.24. The van der Waals surface area contributed by atoms with Crippen LogP contribution in [0.2, 0.25) is 0 Å². The van der Waals surface area contributed by atoms with Crippen LogP contribution in [0.4, 0.5) is 5.69 Å². The van der Waals surface area contributed by atoms with E-state index in [4.69, 9.17) is 0 Å². The summed E-state index contributed by atoms with van der Waals surface area (Å²) in [7, 11) is 0. The second kappa shape index (κ2) is 5.88. The Bertz CT molecular complexity index is 578. The Hall–Kier alpha value is -0.840. The minimum absolute atomic E-state index is 0.440. The van der Waals surface area contributed by atoms with Crippen molar-refractivity contribution in [2.75, 3.05) is 4.90 Å². The van der Waals surface area contributed by atoms with Crippen LogP contribution in [0.25, 0.3) is 0 Å². The van der Waals surface area contributed by atoms with E-state index in [0.717, 1.165) is 16.6 Å². The molecule has 20 heavy (non-hydrogen) atoms. The zero-order valence-electron chi connectivity index (χ0n) is 11.4. The molecule has 1 aromatic carbocycles. The summed E-state index contributed by atoms with van der Waals surface area (Å²) in [4.78, 5) is 2.47. The lowest BCUT2D eigenvalue weighted by molar-refractivity contribution is 0.198. The van der Waals surface area contributed by atoms with Crippen molar-refractivity contribution in [2.45, 2.75) is 38.5 Å². The lowest BCUT2D eigenvalue weighted by Gasteiger charge is -2.25. The molecule has 0 radical (unpaired) electrons. The molecule has 1 N–H and O–H groups in total. The van der Waals surface area contributed by atoms with Crippen molar-refractivity contribution in [3.8, 4) is 0 Å². The molecule has 4 heteroatoms. The van der Waals surface area contributed by atoms with Gasteiger partial charge in [-0.15, -0.1) is 0 Å². The largest absolute Gasteiger partial charge is 0.389 e. The molecule has 1 heterocycles. The first-order valence-corrected chi connectivity index (χ1v) is 8.64. The molecule has 1 aromatic heterocycles. The van der Waals surface area contributed by atoms with E-state index < -0.39 is 6.10 Å². The number of rotatable bonds is 5. The van der Waals surface area contributed by atoms with Gasteiger partial charge in [-0.3, -0.25) is 0 Å². The van der Waals surface area contributed by atoms with Crippen molar-refractivity contribution >= 4 is 33.0 Å². The number of halogens is 1. The minimum atomic E-state index is -0.440. The smallest absolute Gasteiger partial charge is 0.0772 e. The monoisotopic (exact) mass is 351 g/mol. The highest BCUT2D eigenvalue weighted by Crippen LogP contribution is 2.36. The summed E-state index contributed by atoms with van der Waals surface area (Å²) in [5, 5.41) is 14.1. The number of aliphatic hydroxyl groups excluding tert-OH is 1. The summed E-state index contributed by atoms with van der Waals surface area (Å²) in [6.45, 7) is 2.76. The highest BCUT2D eigenvalue weighted by molar-refractivity contribution is 9.10. The van der Waals surface area contributed by atoms with Gasteiger partial charge < -0.3 is 10.0 Å². The molecule has 2 aromatic rings. The predicted octanol–water partition coefficient (Wildman–Crippen LogP) is 4.73. The van der Waals surface area contributed by atoms with Crippen LogP contribution in [0.3, 0.4) is 0 Å². The highest BCUT2D eigenvalue weighted by Gasteiger charge is 2.29. The van der Waals surface area contributed by atoms with Gasteiger partial charge in [0.15, 0.2) is 0 Å². The second-order valence-corrected chi connectivity index (χ2v) is 7.01. The molecule has 1 aliphatic carbocycles. The van der Waals surface area contributed by atoms with Gasteiger partial charge in [-0.25, -0.2) is 0 Å². The molecule has 0 spiro atoms. The Balaban J connectivity index is 1.86. The fraction of sp³-hybridized carbons (Fsp3) is 0.375. The van der Waals surface area contributed by atoms with Crippen LogP contribution < -0.4 is 4.90 Å². The summed E-state index contributed by atoms with van der Waals surface area (Å²) in [5.74, 6) is 0. The molecule has 0 bridgehead atoms. The van der Waals surface area contributed by atoms with Crippen molar-refractivity contribution in [2.24, 2.45) is 0 Å². The average Bonchev–Trinajstić information content (AvgIpc) is 3.12. The maximum Gasteiger partial charge on any atom is 0.0772 e. The van der Waals surface area contributed by atoms with E-state index in [9.17, 15) is 5.11 Å². The van der Waals surface area contributed by atoms with Crippen molar-refractivity contribution in [1.29, 1.82) is 0 Å². The topological polar surface area (TPSA) is 23.5 Å². The number of aliphatic hydroxyl groups is 1. The average molecular weight is 352 g/mol. The maximum absolute atomic E-state index is 9.72. The van der Waals surface area contributed by atoms with Crippen molar-refractivity contribution in [3.05, 3.63) is 50.6 Å². The van der Waals surface area contributed by atoms with Gasteiger partial charge in [0.25, 0.3) is 0 Å². The first kappa shape index (κ1) is 14.1. The third kappa shape index (κ3) is 3.08. The molecular formula is C16H18BrNOS. The normalized spacial score (nSPS) is 16.1. The number of nitrogens with zero attached hydrogens (tertiary/aromatic N) is 1. The molecule has 1 fully saturated rings. The summed E-state index contributed by atoms with van der Waals surface area (Å²) in [5.41, 5.74) is 3.55. The molecule has 0 amide bonds. The summed E-state index contributed by atoms with van der Waals surface area (Å²) in [6.07, 6.45) is 2.12. The SMILES string of the molecule is C[C@@H](O)c1ccc(N(Cc2ccsc2)C2CC2)cc1Br. The minimum Gasteiger partial charge on any atom is -0.389 e. The number of hydrogen-bond acceptors (Lipinski definition) is 3. The number of thiophene rings is 1. The van der Waals surface area contributed by atoms with Crippen LogP contribution in [0.15, 0.2) is 39.5 Å². The van der Waals surface area contributed by atoms with E-state index in [1.807, 2.05) is 6.07 Å². The Labute approximate surface area is 132 Å². The highest BCUT2D eigenvalue weighted by atomic mass is 79.9. The van der Waals surface area contributed by atoms with Gasteiger partial charge in [-0.1, -0.05) is 22.0 Å². The Morgan fingerprint density at radius 3 is 2.75 bits per heavy atom. The van der Waals surface area contributed by atoms with Crippen molar-refractivity contribution < 1.29 is 5.11 Å². The molecular weight excluding hydrogens is 334 g/mol. The summed E-state index contributed by atoms with van der Waals surface area (Å²) >= 11 is 5.33. The Kier molecular flexibility index (Phi) is 4.15. The van der Waals surface area contributed by atoms with Gasteiger partial charge in [0.2, 0.25) is 0 Å². The lowest BCUT2D eigenvalue weighted by atomic mass is 10.1. The fourth-order valence-corrected chi connectivity index (χ4v) is 3.79. The molecule has 0 unspecified atom stereocenters. The standard InChI is InChI=1S/C16H18BrNOS/c1-11(19)15-5-4-14(8-16(15)17)18(13-2-3-13)9-12-6-7-20-10-12/h4-8,10-11,13,19H,2-3,9H2,1H3/t11-/m1/s1. The Morgan fingerprint density at radius 2 is 2.20 bits per heavy atom. The third-order valence-corrected chi connectivity index (χ3v) is 5.11. The second-order valence-electron chi connectivity index (χ2n) is 5.37. The van der Waals surface area contributed by atoms with Crippen LogP contribution in [0, 0.1) is 0 Å². The van der Waals surface area contributed by atoms with Crippen LogP contribution in [-0.2, 0) is 6.54 Å². The van der Waals surface area contributed by atoms with E-state index in [2.05, 4.69) is 49.8 Å². The molecule has 1 atom stereocenters. The zero-order chi connectivity index (χ0) is 14.1. The van der Waals surface area contributed by atoms with Gasteiger partial charge in [-0.2, -0.15) is 11.3 Å². The van der Waals surface area contributed by atoms with Gasteiger partial charge in [-0.05, 0) is 59.9 Å². The van der Waals surface area contributed by atoms with Crippen molar-refractivity contribution in [3.63, 3.8) is 0 Å². The van der Waals surface area contributed by atoms with Gasteiger partial charge in [0.1, 0.15) is 0 Å². The summed E-state index contributed by atoms with van der Waals surface area (Å²) < 4.78 is 0.987. The molecule has 2 nitrogen and oxygen atoms in total. The predicted molar refractivity (Wildman–Crippen MR) is 88.3 cm³/mol. The quantitative estimate of drug-likeness (QED) is 0.841. The van der Waals surface area contributed by atoms with Crippen molar-refractivity contribution in [1.82, 2.24) is 0 Å². The van der Waals surface area contributed by atoms with Gasteiger partial charge >= 0.3 is 0 Å². The van der Waals surface area contributed by atoms with Crippen LogP contribution in [0.5, 0.6) is 0 Å². The maximum atomic E-state index is 9.72. The van der Waals surface area contributed by atoms with Crippen LogP contribution >= 0.6 is 27.3 Å². The third-order valence-electron chi connectivity index (χ3n) is 3.69. The first-order chi connectivity index (χ1) is 9.65. The fourth-order valence-electron chi connectivity index (χ4n) is 2.43. The number of hydrogen-bond donors (Lipinski definition) is 1. The summed E-state index contributed by atoms with van der Waals surface area (Å²) in [6, 6.07) is 9.13. The van der Waals surface area contributed by atoms with E-state index in [1.54, 1.807) is 18.3 Å². The molecule has 0 aliphatic heterocycles. The van der Waals surface area contributed by atoms with Crippen LogP contribution in [-0.4, -0.2) is 11.1 Å². The zero-order valence-corrected chi connectivity index (χ0v) is 13.8. The molecule has 3 rings (SSSR count). The Morgan fingerprint density at radius 1 is 1.40 bits per heavy atom. The van der Waals surface area contributed by atoms with E-state index in [-0.39, 0.29) is 0 Å². The molecule has 0 saturated heterocycles. The van der Waals surface area contributed by atoms with Crippen LogP contribution in [0.1, 0.15) is 37.0 Å². The van der Waals surface area contributed by atoms with Gasteiger partial charge in [0, 0.05) is 22.7 Å². The molecule has 1 aliphatic rings. The van der Waals surface area contributed by atoms with Gasteiger partial charge in [0.05, 0.1) is 6.10 Å². The van der Waals surface area contributed by atoms with E-state index in [1.165, 1.54) is 24.1 Å². The van der Waals surface area contributed by atoms with E-state index >= 15 is 0 Å². The molecule has 1 saturated carbocycles. The molecule has 106 valence electrons. The number of anilines is 1. The number of benzene rings is 1.